The molecule has 1 saturated heterocycles. The van der Waals surface area contributed by atoms with Gasteiger partial charge in [-0.3, -0.25) is 19.3 Å². The lowest BCUT2D eigenvalue weighted by molar-refractivity contribution is -0.164. The second kappa shape index (κ2) is 9.55. The molecule has 3 amide bonds. The van der Waals surface area contributed by atoms with Crippen molar-refractivity contribution >= 4 is 34.8 Å². The maximum Gasteiger partial charge on any atom is 0.348 e. The Morgan fingerprint density at radius 2 is 1.60 bits per heavy atom. The number of carbonyl (C=O) groups is 4. The van der Waals surface area contributed by atoms with Crippen molar-refractivity contribution in [3.05, 3.63) is 71.8 Å². The molecule has 2 aromatic carbocycles. The Hall–Kier alpha value is -3.17. The lowest BCUT2D eigenvalue weighted by Gasteiger charge is -2.27. The highest BCUT2D eigenvalue weighted by Gasteiger charge is 2.41. The van der Waals surface area contributed by atoms with Gasteiger partial charge in [-0.05, 0) is 11.1 Å². The van der Waals surface area contributed by atoms with Crippen molar-refractivity contribution < 1.29 is 29.0 Å². The topological polar surface area (TPSA) is 113 Å². The fourth-order valence-electron chi connectivity index (χ4n) is 2.95. The summed E-state index contributed by atoms with van der Waals surface area (Å²) in [5.41, 5.74) is -1.45. The summed E-state index contributed by atoms with van der Waals surface area (Å²) in [5.74, 6) is -1.81. The van der Waals surface area contributed by atoms with Gasteiger partial charge in [-0.25, -0.2) is 4.79 Å². The molecule has 1 aliphatic heterocycles. The molecular weight excluding hydrogens is 408 g/mol. The van der Waals surface area contributed by atoms with E-state index in [9.17, 15) is 24.3 Å². The summed E-state index contributed by atoms with van der Waals surface area (Å²) in [6, 6.07) is 16.6. The number of rotatable bonds is 8. The van der Waals surface area contributed by atoms with E-state index in [1.165, 1.54) is 0 Å². The molecule has 0 spiro atoms. The molecule has 30 heavy (non-hydrogen) atoms. The molecule has 1 heterocycles. The number of hydrogen-bond donors (Lipinski definition) is 2. The van der Waals surface area contributed by atoms with Crippen LogP contribution in [0.1, 0.15) is 11.1 Å². The maximum absolute atomic E-state index is 12.8. The SMILES string of the molecule is O=C(COC(=O)C(O)(c1ccccc1)c1ccccc1)NCCN1C(=O)CSC1=O. The van der Waals surface area contributed by atoms with E-state index in [-0.39, 0.29) is 30.0 Å². The number of hydrogen-bond acceptors (Lipinski definition) is 7. The lowest BCUT2D eigenvalue weighted by Crippen LogP contribution is -2.42. The zero-order valence-electron chi connectivity index (χ0n) is 15.9. The standard InChI is InChI=1S/C21H20N2O6S/c24-17(22-11-12-23-18(25)14-30-20(23)27)13-29-19(26)21(28,15-7-3-1-4-8-15)16-9-5-2-6-10-16/h1-10,28H,11-14H2,(H,22,24). The number of ether oxygens (including phenoxy) is 1. The van der Waals surface area contributed by atoms with Crippen LogP contribution >= 0.6 is 11.8 Å². The highest BCUT2D eigenvalue weighted by atomic mass is 32.2. The van der Waals surface area contributed by atoms with E-state index in [0.29, 0.717) is 11.1 Å². The average Bonchev–Trinajstić information content (AvgIpc) is 3.10. The molecule has 0 bridgehead atoms. The number of nitrogens with one attached hydrogen (secondary N) is 1. The van der Waals surface area contributed by atoms with Gasteiger partial charge in [0, 0.05) is 13.1 Å². The number of carbonyl (C=O) groups excluding carboxylic acids is 4. The van der Waals surface area contributed by atoms with Gasteiger partial charge in [0.25, 0.3) is 11.1 Å². The molecule has 3 rings (SSSR count). The van der Waals surface area contributed by atoms with Crippen LogP contribution in [0.15, 0.2) is 60.7 Å². The zero-order chi connectivity index (χ0) is 21.6. The molecule has 1 aliphatic rings. The van der Waals surface area contributed by atoms with Crippen LogP contribution in [0.4, 0.5) is 4.79 Å². The monoisotopic (exact) mass is 428 g/mol. The smallest absolute Gasteiger partial charge is 0.348 e. The molecule has 8 nitrogen and oxygen atoms in total. The third-order valence-corrected chi connectivity index (χ3v) is 5.37. The van der Waals surface area contributed by atoms with Gasteiger partial charge in [-0.1, -0.05) is 72.4 Å². The Morgan fingerprint density at radius 1 is 1.03 bits per heavy atom. The summed E-state index contributed by atoms with van der Waals surface area (Å²) < 4.78 is 5.09. The van der Waals surface area contributed by atoms with Gasteiger partial charge in [0.05, 0.1) is 5.75 Å². The van der Waals surface area contributed by atoms with Gasteiger partial charge in [-0.15, -0.1) is 0 Å². The van der Waals surface area contributed by atoms with Crippen molar-refractivity contribution in [2.75, 3.05) is 25.4 Å². The molecule has 2 N–H and O–H groups in total. The molecule has 0 aromatic heterocycles. The molecule has 156 valence electrons. The summed E-state index contributed by atoms with van der Waals surface area (Å²) in [4.78, 5) is 48.9. The van der Waals surface area contributed by atoms with E-state index >= 15 is 0 Å². The second-order valence-electron chi connectivity index (χ2n) is 6.47. The third kappa shape index (κ3) is 4.69. The molecule has 0 aliphatic carbocycles. The molecule has 2 aromatic rings. The quantitative estimate of drug-likeness (QED) is 0.609. The predicted molar refractivity (Wildman–Crippen MR) is 109 cm³/mol. The molecule has 0 atom stereocenters. The van der Waals surface area contributed by atoms with Crippen LogP contribution in [0.5, 0.6) is 0 Å². The molecule has 9 heteroatoms. The Bertz CT molecular complexity index is 880. The lowest BCUT2D eigenvalue weighted by atomic mass is 9.86. The van der Waals surface area contributed by atoms with Gasteiger partial charge < -0.3 is 15.2 Å². The van der Waals surface area contributed by atoms with Gasteiger partial charge in [0.15, 0.2) is 6.61 Å². The van der Waals surface area contributed by atoms with Crippen molar-refractivity contribution in [3.8, 4) is 0 Å². The van der Waals surface area contributed by atoms with Crippen molar-refractivity contribution in [2.45, 2.75) is 5.60 Å². The number of nitrogens with zero attached hydrogens (tertiary/aromatic N) is 1. The summed E-state index contributed by atoms with van der Waals surface area (Å²) in [5, 5.41) is 13.4. The third-order valence-electron chi connectivity index (χ3n) is 4.51. The minimum Gasteiger partial charge on any atom is -0.453 e. The van der Waals surface area contributed by atoms with Crippen molar-refractivity contribution in [1.29, 1.82) is 0 Å². The zero-order valence-corrected chi connectivity index (χ0v) is 16.8. The first-order valence-electron chi connectivity index (χ1n) is 9.17. The van der Waals surface area contributed by atoms with Crippen LogP contribution in [-0.4, -0.2) is 58.5 Å². The van der Waals surface area contributed by atoms with E-state index in [0.717, 1.165) is 16.7 Å². The molecule has 0 unspecified atom stereocenters. The Kier molecular flexibility index (Phi) is 6.86. The number of amides is 3. The van der Waals surface area contributed by atoms with Crippen molar-refractivity contribution in [1.82, 2.24) is 10.2 Å². The highest BCUT2D eigenvalue weighted by Crippen LogP contribution is 2.31. The fraction of sp³-hybridized carbons (Fsp3) is 0.238. The first-order chi connectivity index (χ1) is 14.4. The molecule has 0 saturated carbocycles. The van der Waals surface area contributed by atoms with Gasteiger partial charge in [0.1, 0.15) is 0 Å². The largest absolute Gasteiger partial charge is 0.453 e. The van der Waals surface area contributed by atoms with Gasteiger partial charge >= 0.3 is 5.97 Å². The molecule has 0 radical (unpaired) electrons. The van der Waals surface area contributed by atoms with Crippen LogP contribution in [-0.2, 0) is 24.7 Å². The maximum atomic E-state index is 12.8. The number of imide groups is 1. The normalized spacial score (nSPS) is 14.0. The summed E-state index contributed by atoms with van der Waals surface area (Å²) in [7, 11) is 0. The Morgan fingerprint density at radius 3 is 2.10 bits per heavy atom. The first-order valence-corrected chi connectivity index (χ1v) is 10.2. The molecular formula is C21H20N2O6S. The summed E-state index contributed by atoms with van der Waals surface area (Å²) in [6.07, 6.45) is 0. The van der Waals surface area contributed by atoms with Crippen LogP contribution in [0.25, 0.3) is 0 Å². The van der Waals surface area contributed by atoms with Crippen LogP contribution < -0.4 is 5.32 Å². The van der Waals surface area contributed by atoms with E-state index < -0.39 is 24.1 Å². The number of aliphatic hydroxyl groups is 1. The predicted octanol–water partition coefficient (Wildman–Crippen LogP) is 1.28. The van der Waals surface area contributed by atoms with E-state index in [1.54, 1.807) is 60.7 Å². The van der Waals surface area contributed by atoms with Crippen molar-refractivity contribution in [3.63, 3.8) is 0 Å². The second-order valence-corrected chi connectivity index (χ2v) is 7.40. The van der Waals surface area contributed by atoms with E-state index in [1.807, 2.05) is 0 Å². The van der Waals surface area contributed by atoms with E-state index in [2.05, 4.69) is 5.32 Å². The highest BCUT2D eigenvalue weighted by molar-refractivity contribution is 8.14. The van der Waals surface area contributed by atoms with Crippen LogP contribution in [0.3, 0.4) is 0 Å². The van der Waals surface area contributed by atoms with Crippen molar-refractivity contribution in [2.24, 2.45) is 0 Å². The minimum absolute atomic E-state index is 0.0378. The van der Waals surface area contributed by atoms with Crippen LogP contribution in [0.2, 0.25) is 0 Å². The Balaban J connectivity index is 1.60. The summed E-state index contributed by atoms with van der Waals surface area (Å²) >= 11 is 0.913. The number of esters is 1. The number of thioether (sulfide) groups is 1. The van der Waals surface area contributed by atoms with Crippen LogP contribution in [0, 0.1) is 0 Å². The minimum atomic E-state index is -2.07. The fourth-order valence-corrected chi connectivity index (χ4v) is 3.70. The first kappa shape index (κ1) is 21.5. The van der Waals surface area contributed by atoms with Gasteiger partial charge in [0.2, 0.25) is 11.5 Å². The Labute approximate surface area is 177 Å². The number of benzene rings is 2. The van der Waals surface area contributed by atoms with Gasteiger partial charge in [-0.2, -0.15) is 0 Å². The average molecular weight is 428 g/mol. The van der Waals surface area contributed by atoms with E-state index in [4.69, 9.17) is 4.74 Å². The summed E-state index contributed by atoms with van der Waals surface area (Å²) in [6.45, 7) is -0.532. The molecule has 1 fully saturated rings.